The van der Waals surface area contributed by atoms with Gasteiger partial charge >= 0.3 is 0 Å². The number of rotatable bonds is 6. The average molecular weight is 242 g/mol. The normalized spacial score (nSPS) is 30.5. The third-order valence-corrected chi connectivity index (χ3v) is 4.29. The minimum atomic E-state index is 0.272. The molecule has 2 atom stereocenters. The summed E-state index contributed by atoms with van der Waals surface area (Å²) in [6.45, 7) is 3.90. The monoisotopic (exact) mass is 242 g/mol. The van der Waals surface area contributed by atoms with E-state index in [0.717, 1.165) is 32.7 Å². The number of aliphatic hydroxyl groups is 1. The molecule has 0 aromatic carbocycles. The van der Waals surface area contributed by atoms with Gasteiger partial charge in [-0.3, -0.25) is 4.90 Å². The third-order valence-electron chi connectivity index (χ3n) is 4.29. The van der Waals surface area contributed by atoms with Crippen LogP contribution in [0.1, 0.15) is 25.7 Å². The van der Waals surface area contributed by atoms with Gasteiger partial charge in [-0.1, -0.05) is 6.42 Å². The van der Waals surface area contributed by atoms with E-state index in [9.17, 15) is 0 Å². The summed E-state index contributed by atoms with van der Waals surface area (Å²) < 4.78 is 5.60. The Morgan fingerprint density at radius 3 is 2.76 bits per heavy atom. The molecule has 0 bridgehead atoms. The maximum Gasteiger partial charge on any atom is 0.0558 e. The highest BCUT2D eigenvalue weighted by Crippen LogP contribution is 2.26. The average Bonchev–Trinajstić information content (AvgIpc) is 2.28. The molecule has 2 rings (SSSR count). The van der Waals surface area contributed by atoms with Crippen molar-refractivity contribution in [2.75, 3.05) is 40.0 Å². The van der Waals surface area contributed by atoms with Crippen molar-refractivity contribution >= 4 is 0 Å². The van der Waals surface area contributed by atoms with E-state index in [2.05, 4.69) is 10.2 Å². The van der Waals surface area contributed by atoms with Crippen LogP contribution in [0.4, 0.5) is 0 Å². The molecule has 1 saturated carbocycles. The largest absolute Gasteiger partial charge is 0.395 e. The van der Waals surface area contributed by atoms with Crippen LogP contribution in [0, 0.1) is 5.92 Å². The molecule has 0 amide bonds. The number of ether oxygens (including phenoxy) is 1. The van der Waals surface area contributed by atoms with Gasteiger partial charge in [0, 0.05) is 37.7 Å². The number of aliphatic hydroxyl groups excluding tert-OH is 1. The Morgan fingerprint density at radius 2 is 2.18 bits per heavy atom. The van der Waals surface area contributed by atoms with Gasteiger partial charge in [0.1, 0.15) is 0 Å². The summed E-state index contributed by atoms with van der Waals surface area (Å²) >= 11 is 0. The highest BCUT2D eigenvalue weighted by molar-refractivity contribution is 4.86. The highest BCUT2D eigenvalue weighted by Gasteiger charge is 2.31. The summed E-state index contributed by atoms with van der Waals surface area (Å²) in [6, 6.07) is 1.28. The molecule has 2 aliphatic rings. The second-order valence-electron chi connectivity index (χ2n) is 5.32. The molecular weight excluding hydrogens is 216 g/mol. The Morgan fingerprint density at radius 1 is 1.35 bits per heavy atom. The summed E-state index contributed by atoms with van der Waals surface area (Å²) in [7, 11) is 2.04. The van der Waals surface area contributed by atoms with Crippen LogP contribution in [0.15, 0.2) is 0 Å². The van der Waals surface area contributed by atoms with Crippen molar-refractivity contribution in [3.63, 3.8) is 0 Å². The van der Waals surface area contributed by atoms with Crippen LogP contribution in [0.3, 0.4) is 0 Å². The fourth-order valence-corrected chi connectivity index (χ4v) is 2.96. The van der Waals surface area contributed by atoms with Crippen molar-refractivity contribution in [1.29, 1.82) is 0 Å². The summed E-state index contributed by atoms with van der Waals surface area (Å²) in [4.78, 5) is 2.47. The lowest BCUT2D eigenvalue weighted by molar-refractivity contribution is 0.0000207. The predicted molar refractivity (Wildman–Crippen MR) is 68.1 cm³/mol. The fraction of sp³-hybridized carbons (Fsp3) is 1.00. The Balaban J connectivity index is 1.86. The van der Waals surface area contributed by atoms with Gasteiger partial charge in [0.2, 0.25) is 0 Å². The second-order valence-corrected chi connectivity index (χ2v) is 5.32. The van der Waals surface area contributed by atoms with E-state index < -0.39 is 0 Å². The van der Waals surface area contributed by atoms with E-state index in [0.29, 0.717) is 18.0 Å². The Hall–Kier alpha value is -0.160. The zero-order valence-electron chi connectivity index (χ0n) is 10.9. The lowest BCUT2D eigenvalue weighted by Crippen LogP contribution is -2.51. The van der Waals surface area contributed by atoms with Crippen LogP contribution < -0.4 is 5.32 Å². The molecule has 2 unspecified atom stereocenters. The van der Waals surface area contributed by atoms with E-state index >= 15 is 0 Å². The van der Waals surface area contributed by atoms with E-state index in [-0.39, 0.29) is 6.61 Å². The van der Waals surface area contributed by atoms with Crippen LogP contribution in [0.2, 0.25) is 0 Å². The molecule has 1 aliphatic carbocycles. The smallest absolute Gasteiger partial charge is 0.0558 e. The number of nitrogens with zero attached hydrogens (tertiary/aromatic N) is 1. The SMILES string of the molecule is CNC1CCOCC1CN(CCO)C1CCC1. The molecule has 0 spiro atoms. The zero-order valence-corrected chi connectivity index (χ0v) is 10.9. The van der Waals surface area contributed by atoms with Crippen LogP contribution >= 0.6 is 0 Å². The van der Waals surface area contributed by atoms with Crippen molar-refractivity contribution in [2.24, 2.45) is 5.92 Å². The maximum atomic E-state index is 9.17. The molecule has 0 radical (unpaired) electrons. The quantitative estimate of drug-likeness (QED) is 0.710. The summed E-state index contributed by atoms with van der Waals surface area (Å²) in [5, 5.41) is 12.6. The molecule has 1 heterocycles. The van der Waals surface area contributed by atoms with Gasteiger partial charge in [0.15, 0.2) is 0 Å². The van der Waals surface area contributed by atoms with Crippen molar-refractivity contribution in [1.82, 2.24) is 10.2 Å². The summed E-state index contributed by atoms with van der Waals surface area (Å²) in [5.74, 6) is 0.570. The first-order valence-corrected chi connectivity index (χ1v) is 6.95. The van der Waals surface area contributed by atoms with Gasteiger partial charge in [-0.25, -0.2) is 0 Å². The molecule has 17 heavy (non-hydrogen) atoms. The van der Waals surface area contributed by atoms with Crippen molar-refractivity contribution in [3.05, 3.63) is 0 Å². The minimum absolute atomic E-state index is 0.272. The summed E-state index contributed by atoms with van der Waals surface area (Å²) in [6.07, 6.45) is 5.07. The van der Waals surface area contributed by atoms with E-state index in [1.54, 1.807) is 0 Å². The molecule has 4 nitrogen and oxygen atoms in total. The lowest BCUT2D eigenvalue weighted by Gasteiger charge is -2.41. The number of hydrogen-bond acceptors (Lipinski definition) is 4. The van der Waals surface area contributed by atoms with Gasteiger partial charge < -0.3 is 15.2 Å². The zero-order chi connectivity index (χ0) is 12.1. The molecule has 1 aliphatic heterocycles. The molecule has 0 aromatic rings. The van der Waals surface area contributed by atoms with E-state index in [4.69, 9.17) is 9.84 Å². The van der Waals surface area contributed by atoms with Crippen LogP contribution in [0.5, 0.6) is 0 Å². The predicted octanol–water partition coefficient (Wildman–Crippen LogP) is 0.458. The van der Waals surface area contributed by atoms with Crippen molar-refractivity contribution < 1.29 is 9.84 Å². The number of nitrogens with one attached hydrogen (secondary N) is 1. The topological polar surface area (TPSA) is 44.7 Å². The minimum Gasteiger partial charge on any atom is -0.395 e. The van der Waals surface area contributed by atoms with E-state index in [1.165, 1.54) is 19.3 Å². The first-order valence-electron chi connectivity index (χ1n) is 6.95. The molecule has 2 fully saturated rings. The Bertz CT molecular complexity index is 219. The van der Waals surface area contributed by atoms with Gasteiger partial charge in [0.05, 0.1) is 13.2 Å². The molecule has 0 aromatic heterocycles. The van der Waals surface area contributed by atoms with Gasteiger partial charge in [-0.05, 0) is 26.3 Å². The molecule has 2 N–H and O–H groups in total. The third kappa shape index (κ3) is 3.41. The molecular formula is C13H26N2O2. The first kappa shape index (κ1) is 13.3. The molecule has 100 valence electrons. The fourth-order valence-electron chi connectivity index (χ4n) is 2.96. The highest BCUT2D eigenvalue weighted by atomic mass is 16.5. The van der Waals surface area contributed by atoms with Crippen LogP contribution in [-0.2, 0) is 4.74 Å². The summed E-state index contributed by atoms with van der Waals surface area (Å²) in [5.41, 5.74) is 0. The standard InChI is InChI=1S/C13H26N2O2/c1-14-13-5-8-17-10-11(13)9-15(6-7-16)12-3-2-4-12/h11-14,16H,2-10H2,1H3. The second kappa shape index (κ2) is 6.69. The maximum absolute atomic E-state index is 9.17. The van der Waals surface area contributed by atoms with Crippen LogP contribution in [0.25, 0.3) is 0 Å². The van der Waals surface area contributed by atoms with E-state index in [1.807, 2.05) is 7.05 Å². The van der Waals surface area contributed by atoms with Gasteiger partial charge in [0.25, 0.3) is 0 Å². The Labute approximate surface area is 104 Å². The molecule has 4 heteroatoms. The lowest BCUT2D eigenvalue weighted by atomic mass is 9.89. The van der Waals surface area contributed by atoms with Gasteiger partial charge in [-0.2, -0.15) is 0 Å². The molecule has 1 saturated heterocycles. The van der Waals surface area contributed by atoms with Crippen molar-refractivity contribution in [3.8, 4) is 0 Å². The van der Waals surface area contributed by atoms with Crippen LogP contribution in [-0.4, -0.2) is 62.0 Å². The Kier molecular flexibility index (Phi) is 5.22. The van der Waals surface area contributed by atoms with Gasteiger partial charge in [-0.15, -0.1) is 0 Å². The number of hydrogen-bond donors (Lipinski definition) is 2. The van der Waals surface area contributed by atoms with Crippen molar-refractivity contribution in [2.45, 2.75) is 37.8 Å². The first-order chi connectivity index (χ1) is 8.35.